The number of hydrogen-bond acceptors (Lipinski definition) is 3. The summed E-state index contributed by atoms with van der Waals surface area (Å²) in [5, 5.41) is 2.89. The van der Waals surface area contributed by atoms with Crippen molar-refractivity contribution in [3.63, 3.8) is 0 Å². The number of carbonyl (C=O) groups is 3. The number of nitrogens with zero attached hydrogens (tertiary/aromatic N) is 2. The fourth-order valence-electron chi connectivity index (χ4n) is 4.01. The van der Waals surface area contributed by atoms with Crippen molar-refractivity contribution in [2.24, 2.45) is 13.0 Å². The first-order valence-electron chi connectivity index (χ1n) is 8.58. The number of hydrogen-bond donors (Lipinski definition) is 1. The lowest BCUT2D eigenvalue weighted by Gasteiger charge is -2.36. The van der Waals surface area contributed by atoms with Crippen LogP contribution in [0.1, 0.15) is 54.4 Å². The molecule has 2 aliphatic rings. The molecule has 1 aliphatic carbocycles. The van der Waals surface area contributed by atoms with Crippen LogP contribution in [-0.2, 0) is 11.8 Å². The molecule has 1 spiro atoms. The van der Waals surface area contributed by atoms with E-state index in [2.05, 4.69) is 5.32 Å². The first-order valence-corrected chi connectivity index (χ1v) is 8.58. The molecule has 3 rings (SSSR count). The van der Waals surface area contributed by atoms with Gasteiger partial charge in [0, 0.05) is 24.0 Å². The summed E-state index contributed by atoms with van der Waals surface area (Å²) in [5.74, 6) is -0.331. The molecule has 3 amide bonds. The standard InChI is InChI=1S/C18H25N3O3/c1-11-7-5-6-8-18(11)16(23)21(17(24)19-18)10-15(22)14-9-12(2)20(4)13(14)3/h9,11H,5-8,10H2,1-4H3,(H,19,24). The minimum atomic E-state index is -0.808. The van der Waals surface area contributed by atoms with Gasteiger partial charge in [0.15, 0.2) is 5.78 Å². The van der Waals surface area contributed by atoms with Crippen LogP contribution in [0.2, 0.25) is 0 Å². The van der Waals surface area contributed by atoms with Crippen molar-refractivity contribution in [2.75, 3.05) is 6.54 Å². The topological polar surface area (TPSA) is 71.4 Å². The second-order valence-electron chi connectivity index (χ2n) is 7.21. The summed E-state index contributed by atoms with van der Waals surface area (Å²) in [7, 11) is 1.90. The van der Waals surface area contributed by atoms with Crippen molar-refractivity contribution in [1.82, 2.24) is 14.8 Å². The van der Waals surface area contributed by atoms with Gasteiger partial charge in [0.25, 0.3) is 5.91 Å². The third-order valence-electron chi connectivity index (χ3n) is 5.88. The van der Waals surface area contributed by atoms with Crippen LogP contribution in [0.15, 0.2) is 6.07 Å². The minimum Gasteiger partial charge on any atom is -0.351 e. The highest BCUT2D eigenvalue weighted by Crippen LogP contribution is 2.38. The van der Waals surface area contributed by atoms with Gasteiger partial charge in [-0.25, -0.2) is 4.79 Å². The lowest BCUT2D eigenvalue weighted by Crippen LogP contribution is -2.54. The highest BCUT2D eigenvalue weighted by Gasteiger charge is 2.55. The maximum Gasteiger partial charge on any atom is 0.325 e. The predicted molar refractivity (Wildman–Crippen MR) is 89.8 cm³/mol. The SMILES string of the molecule is Cc1cc(C(=O)CN2C(=O)NC3(CCCCC3C)C2=O)c(C)n1C. The van der Waals surface area contributed by atoms with Crippen molar-refractivity contribution >= 4 is 17.7 Å². The van der Waals surface area contributed by atoms with E-state index < -0.39 is 11.6 Å². The number of imide groups is 1. The van der Waals surface area contributed by atoms with Crippen molar-refractivity contribution in [3.8, 4) is 0 Å². The monoisotopic (exact) mass is 331 g/mol. The molecule has 2 fully saturated rings. The van der Waals surface area contributed by atoms with E-state index in [0.717, 1.165) is 35.6 Å². The molecular formula is C18H25N3O3. The second-order valence-corrected chi connectivity index (χ2v) is 7.21. The molecule has 1 saturated carbocycles. The van der Waals surface area contributed by atoms with Gasteiger partial charge < -0.3 is 9.88 Å². The molecule has 2 heterocycles. The Morgan fingerprint density at radius 3 is 2.62 bits per heavy atom. The molecule has 1 N–H and O–H groups in total. The molecule has 1 aromatic heterocycles. The second kappa shape index (κ2) is 5.76. The molecule has 130 valence electrons. The van der Waals surface area contributed by atoms with Gasteiger partial charge >= 0.3 is 6.03 Å². The molecule has 0 bridgehead atoms. The molecule has 6 nitrogen and oxygen atoms in total. The van der Waals surface area contributed by atoms with Gasteiger partial charge in [0.1, 0.15) is 5.54 Å². The molecule has 1 aliphatic heterocycles. The van der Waals surface area contributed by atoms with E-state index in [9.17, 15) is 14.4 Å². The van der Waals surface area contributed by atoms with Crippen LogP contribution >= 0.6 is 0 Å². The van der Waals surface area contributed by atoms with E-state index in [-0.39, 0.29) is 24.2 Å². The first kappa shape index (κ1) is 16.7. The van der Waals surface area contributed by atoms with Crippen LogP contribution in [0.3, 0.4) is 0 Å². The van der Waals surface area contributed by atoms with E-state index in [1.165, 1.54) is 0 Å². The Balaban J connectivity index is 1.82. The lowest BCUT2D eigenvalue weighted by molar-refractivity contribution is -0.133. The number of amides is 3. The van der Waals surface area contributed by atoms with E-state index >= 15 is 0 Å². The molecule has 2 atom stereocenters. The smallest absolute Gasteiger partial charge is 0.325 e. The lowest BCUT2D eigenvalue weighted by atomic mass is 9.73. The van der Waals surface area contributed by atoms with Gasteiger partial charge in [0.05, 0.1) is 6.54 Å². The third kappa shape index (κ3) is 2.36. The van der Waals surface area contributed by atoms with Gasteiger partial charge in [-0.3, -0.25) is 14.5 Å². The third-order valence-corrected chi connectivity index (χ3v) is 5.88. The molecule has 24 heavy (non-hydrogen) atoms. The number of Topliss-reactive ketones (excluding diaryl/α,β-unsaturated/α-hetero) is 1. The van der Waals surface area contributed by atoms with E-state index in [1.54, 1.807) is 0 Å². The summed E-state index contributed by atoms with van der Waals surface area (Å²) in [6, 6.07) is 1.38. The summed E-state index contributed by atoms with van der Waals surface area (Å²) in [4.78, 5) is 39.0. The van der Waals surface area contributed by atoms with Gasteiger partial charge in [-0.2, -0.15) is 0 Å². The zero-order chi connectivity index (χ0) is 17.6. The molecule has 0 aromatic carbocycles. The quantitative estimate of drug-likeness (QED) is 0.682. The number of rotatable bonds is 3. The molecule has 1 saturated heterocycles. The van der Waals surface area contributed by atoms with Gasteiger partial charge in [-0.15, -0.1) is 0 Å². The maximum absolute atomic E-state index is 12.9. The Morgan fingerprint density at radius 2 is 2.04 bits per heavy atom. The summed E-state index contributed by atoms with van der Waals surface area (Å²) in [5.41, 5.74) is 1.60. The summed E-state index contributed by atoms with van der Waals surface area (Å²) in [6.45, 7) is 5.61. The number of aryl methyl sites for hydroxylation is 1. The minimum absolute atomic E-state index is 0.100. The van der Waals surface area contributed by atoms with Gasteiger partial charge in [-0.05, 0) is 38.7 Å². The van der Waals surface area contributed by atoms with Crippen molar-refractivity contribution < 1.29 is 14.4 Å². The maximum atomic E-state index is 12.9. The van der Waals surface area contributed by atoms with Crippen LogP contribution in [0.4, 0.5) is 4.79 Å². The Bertz CT molecular complexity index is 721. The van der Waals surface area contributed by atoms with Crippen molar-refractivity contribution in [3.05, 3.63) is 23.0 Å². The number of ketones is 1. The fourth-order valence-corrected chi connectivity index (χ4v) is 4.01. The molecule has 2 unspecified atom stereocenters. The highest BCUT2D eigenvalue weighted by molar-refractivity contribution is 6.11. The average molecular weight is 331 g/mol. The van der Waals surface area contributed by atoms with Crippen LogP contribution in [0, 0.1) is 19.8 Å². The number of urea groups is 1. The number of nitrogens with one attached hydrogen (secondary N) is 1. The van der Waals surface area contributed by atoms with Crippen molar-refractivity contribution in [1.29, 1.82) is 0 Å². The van der Waals surface area contributed by atoms with Crippen LogP contribution in [-0.4, -0.2) is 39.3 Å². The highest BCUT2D eigenvalue weighted by atomic mass is 16.2. The van der Waals surface area contributed by atoms with Gasteiger partial charge in [0.2, 0.25) is 0 Å². The Hall–Kier alpha value is -2.11. The van der Waals surface area contributed by atoms with Gasteiger partial charge in [-0.1, -0.05) is 19.8 Å². The summed E-state index contributed by atoms with van der Waals surface area (Å²) in [6.07, 6.45) is 3.58. The Kier molecular flexibility index (Phi) is 4.01. The molecule has 6 heteroatoms. The predicted octanol–water partition coefficient (Wildman–Crippen LogP) is 2.33. The van der Waals surface area contributed by atoms with Crippen molar-refractivity contribution in [2.45, 2.75) is 52.0 Å². The first-order chi connectivity index (χ1) is 11.3. The number of aromatic nitrogens is 1. The zero-order valence-electron chi connectivity index (χ0n) is 14.8. The largest absolute Gasteiger partial charge is 0.351 e. The van der Waals surface area contributed by atoms with E-state index in [0.29, 0.717) is 12.0 Å². The van der Waals surface area contributed by atoms with E-state index in [4.69, 9.17) is 0 Å². The summed E-state index contributed by atoms with van der Waals surface area (Å²) < 4.78 is 1.93. The van der Waals surface area contributed by atoms with Crippen LogP contribution in [0.5, 0.6) is 0 Å². The average Bonchev–Trinajstić information content (AvgIpc) is 2.93. The van der Waals surface area contributed by atoms with E-state index in [1.807, 2.05) is 38.5 Å². The molecule has 0 radical (unpaired) electrons. The summed E-state index contributed by atoms with van der Waals surface area (Å²) >= 11 is 0. The fraction of sp³-hybridized carbons (Fsp3) is 0.611. The van der Waals surface area contributed by atoms with Crippen LogP contribution in [0.25, 0.3) is 0 Å². The number of carbonyl (C=O) groups excluding carboxylic acids is 3. The molecule has 1 aromatic rings. The molecular weight excluding hydrogens is 306 g/mol. The Labute approximate surface area is 142 Å². The zero-order valence-corrected chi connectivity index (χ0v) is 14.8. The van der Waals surface area contributed by atoms with Crippen LogP contribution < -0.4 is 5.32 Å². The Morgan fingerprint density at radius 1 is 1.33 bits per heavy atom. The normalized spacial score (nSPS) is 27.0.